The minimum atomic E-state index is 0.208. The Morgan fingerprint density at radius 3 is 2.35 bits per heavy atom. The zero-order valence-electron chi connectivity index (χ0n) is 14.2. The number of hydrogen-bond donors (Lipinski definition) is 1. The molecular weight excluding hydrogens is 284 g/mol. The fourth-order valence-corrected chi connectivity index (χ4v) is 2.67. The number of likely N-dealkylation sites (N-methyl/N-ethyl adjacent to an activating group) is 1. The first-order chi connectivity index (χ1) is 11.2. The number of ether oxygens (including phenoxy) is 1. The third kappa shape index (κ3) is 5.38. The molecule has 0 bridgehead atoms. The standard InChI is InChI=1S/C20H28N2O/c1-3-4-14-23-19-12-10-18(11-13-19)20(15-21)22(2)16-17-8-6-5-7-9-17/h5-13,20H,3-4,14-16,21H2,1-2H3. The number of unbranched alkanes of at least 4 members (excludes halogenated alkanes) is 1. The molecule has 2 aromatic carbocycles. The molecule has 1 unspecified atom stereocenters. The minimum absolute atomic E-state index is 0.208. The molecule has 2 rings (SSSR count). The Bertz CT molecular complexity index is 554. The van der Waals surface area contributed by atoms with E-state index in [0.717, 1.165) is 31.7 Å². The van der Waals surface area contributed by atoms with E-state index in [9.17, 15) is 0 Å². The first-order valence-electron chi connectivity index (χ1n) is 8.41. The molecular formula is C20H28N2O. The van der Waals surface area contributed by atoms with E-state index in [4.69, 9.17) is 10.5 Å². The van der Waals surface area contributed by atoms with E-state index in [1.54, 1.807) is 0 Å². The van der Waals surface area contributed by atoms with Crippen LogP contribution in [0.15, 0.2) is 54.6 Å². The molecule has 2 N–H and O–H groups in total. The van der Waals surface area contributed by atoms with Gasteiger partial charge in [-0.05, 0) is 36.7 Å². The molecule has 0 aliphatic heterocycles. The van der Waals surface area contributed by atoms with Crippen LogP contribution in [0, 0.1) is 0 Å². The highest BCUT2D eigenvalue weighted by Crippen LogP contribution is 2.23. The highest BCUT2D eigenvalue weighted by molar-refractivity contribution is 5.29. The van der Waals surface area contributed by atoms with E-state index in [-0.39, 0.29) is 6.04 Å². The van der Waals surface area contributed by atoms with Gasteiger partial charge in [-0.2, -0.15) is 0 Å². The first kappa shape index (κ1) is 17.5. The lowest BCUT2D eigenvalue weighted by molar-refractivity contribution is 0.241. The van der Waals surface area contributed by atoms with Crippen LogP contribution in [0.25, 0.3) is 0 Å². The van der Waals surface area contributed by atoms with Crippen molar-refractivity contribution in [1.82, 2.24) is 4.90 Å². The number of nitrogens with zero attached hydrogens (tertiary/aromatic N) is 1. The molecule has 3 heteroatoms. The van der Waals surface area contributed by atoms with E-state index in [0.29, 0.717) is 6.54 Å². The molecule has 2 aromatic rings. The molecule has 0 amide bonds. The Labute approximate surface area is 140 Å². The van der Waals surface area contributed by atoms with Crippen LogP contribution in [0.1, 0.15) is 36.9 Å². The zero-order valence-corrected chi connectivity index (χ0v) is 14.2. The fraction of sp³-hybridized carbons (Fsp3) is 0.400. The van der Waals surface area contributed by atoms with Crippen LogP contribution in [0.4, 0.5) is 0 Å². The molecule has 0 fully saturated rings. The van der Waals surface area contributed by atoms with Gasteiger partial charge in [-0.25, -0.2) is 0 Å². The van der Waals surface area contributed by atoms with Gasteiger partial charge in [-0.3, -0.25) is 4.90 Å². The zero-order chi connectivity index (χ0) is 16.5. The van der Waals surface area contributed by atoms with Crippen LogP contribution >= 0.6 is 0 Å². The molecule has 124 valence electrons. The van der Waals surface area contributed by atoms with Gasteiger partial charge in [0, 0.05) is 19.1 Å². The van der Waals surface area contributed by atoms with Gasteiger partial charge < -0.3 is 10.5 Å². The van der Waals surface area contributed by atoms with E-state index in [1.165, 1.54) is 11.1 Å². The predicted molar refractivity (Wildman–Crippen MR) is 96.5 cm³/mol. The third-order valence-corrected chi connectivity index (χ3v) is 4.06. The van der Waals surface area contributed by atoms with Crippen molar-refractivity contribution in [3.8, 4) is 5.75 Å². The van der Waals surface area contributed by atoms with E-state index >= 15 is 0 Å². The highest BCUT2D eigenvalue weighted by Gasteiger charge is 2.15. The summed E-state index contributed by atoms with van der Waals surface area (Å²) in [6.07, 6.45) is 2.24. The van der Waals surface area contributed by atoms with Gasteiger partial charge in [0.1, 0.15) is 5.75 Å². The Hall–Kier alpha value is -1.84. The van der Waals surface area contributed by atoms with Crippen molar-refractivity contribution >= 4 is 0 Å². The van der Waals surface area contributed by atoms with Gasteiger partial charge in [-0.1, -0.05) is 55.8 Å². The van der Waals surface area contributed by atoms with Crippen LogP contribution in [0.5, 0.6) is 5.75 Å². The van der Waals surface area contributed by atoms with Crippen molar-refractivity contribution in [2.75, 3.05) is 20.2 Å². The monoisotopic (exact) mass is 312 g/mol. The number of nitrogens with two attached hydrogens (primary N) is 1. The van der Waals surface area contributed by atoms with Crippen molar-refractivity contribution in [2.24, 2.45) is 5.73 Å². The molecule has 0 saturated carbocycles. The highest BCUT2D eigenvalue weighted by atomic mass is 16.5. The van der Waals surface area contributed by atoms with Crippen molar-refractivity contribution in [3.05, 3.63) is 65.7 Å². The first-order valence-corrected chi connectivity index (χ1v) is 8.41. The third-order valence-electron chi connectivity index (χ3n) is 4.06. The second-order valence-corrected chi connectivity index (χ2v) is 5.92. The Balaban J connectivity index is 1.99. The number of benzene rings is 2. The van der Waals surface area contributed by atoms with Crippen molar-refractivity contribution < 1.29 is 4.74 Å². The average Bonchev–Trinajstić information content (AvgIpc) is 2.58. The number of rotatable bonds is 9. The Morgan fingerprint density at radius 2 is 1.74 bits per heavy atom. The van der Waals surface area contributed by atoms with Gasteiger partial charge in [0.2, 0.25) is 0 Å². The van der Waals surface area contributed by atoms with Crippen molar-refractivity contribution in [1.29, 1.82) is 0 Å². The molecule has 0 radical (unpaired) electrons. The van der Waals surface area contributed by atoms with Gasteiger partial charge in [-0.15, -0.1) is 0 Å². The van der Waals surface area contributed by atoms with Crippen molar-refractivity contribution in [2.45, 2.75) is 32.4 Å². The van der Waals surface area contributed by atoms with Crippen LogP contribution < -0.4 is 10.5 Å². The summed E-state index contributed by atoms with van der Waals surface area (Å²) in [6, 6.07) is 19.0. The summed E-state index contributed by atoms with van der Waals surface area (Å²) in [5.74, 6) is 0.934. The molecule has 0 heterocycles. The summed E-state index contributed by atoms with van der Waals surface area (Å²) < 4.78 is 5.73. The molecule has 0 spiro atoms. The summed E-state index contributed by atoms with van der Waals surface area (Å²) in [5, 5.41) is 0. The summed E-state index contributed by atoms with van der Waals surface area (Å²) >= 11 is 0. The molecule has 23 heavy (non-hydrogen) atoms. The maximum absolute atomic E-state index is 6.02. The molecule has 0 saturated heterocycles. The van der Waals surface area contributed by atoms with Gasteiger partial charge >= 0.3 is 0 Å². The van der Waals surface area contributed by atoms with Gasteiger partial charge in [0.25, 0.3) is 0 Å². The van der Waals surface area contributed by atoms with Crippen LogP contribution in [0.3, 0.4) is 0 Å². The quantitative estimate of drug-likeness (QED) is 0.711. The SMILES string of the molecule is CCCCOc1ccc(C(CN)N(C)Cc2ccccc2)cc1. The average molecular weight is 312 g/mol. The van der Waals surface area contributed by atoms with E-state index in [2.05, 4.69) is 55.3 Å². The van der Waals surface area contributed by atoms with E-state index < -0.39 is 0 Å². The van der Waals surface area contributed by atoms with Crippen molar-refractivity contribution in [3.63, 3.8) is 0 Å². The molecule has 1 atom stereocenters. The lowest BCUT2D eigenvalue weighted by Gasteiger charge is -2.27. The maximum Gasteiger partial charge on any atom is 0.119 e. The second-order valence-electron chi connectivity index (χ2n) is 5.92. The summed E-state index contributed by atoms with van der Waals surface area (Å²) in [7, 11) is 2.12. The second kappa shape index (κ2) is 9.33. The van der Waals surface area contributed by atoms with Crippen LogP contribution in [0.2, 0.25) is 0 Å². The normalized spacial score (nSPS) is 12.3. The summed E-state index contributed by atoms with van der Waals surface area (Å²) in [6.45, 7) is 4.43. The van der Waals surface area contributed by atoms with E-state index in [1.807, 2.05) is 18.2 Å². The lowest BCUT2D eigenvalue weighted by atomic mass is 10.0. The number of hydrogen-bond acceptors (Lipinski definition) is 3. The predicted octanol–water partition coefficient (Wildman–Crippen LogP) is 4.00. The largest absolute Gasteiger partial charge is 0.494 e. The van der Waals surface area contributed by atoms with Gasteiger partial charge in [0.05, 0.1) is 6.61 Å². The van der Waals surface area contributed by atoms with Crippen LogP contribution in [-0.4, -0.2) is 25.1 Å². The molecule has 3 nitrogen and oxygen atoms in total. The molecule has 0 aliphatic rings. The molecule has 0 aromatic heterocycles. The topological polar surface area (TPSA) is 38.5 Å². The lowest BCUT2D eigenvalue weighted by Crippen LogP contribution is -2.30. The Morgan fingerprint density at radius 1 is 1.04 bits per heavy atom. The maximum atomic E-state index is 6.02. The summed E-state index contributed by atoms with van der Waals surface area (Å²) in [5.41, 5.74) is 8.55. The van der Waals surface area contributed by atoms with Crippen LogP contribution in [-0.2, 0) is 6.54 Å². The molecule has 0 aliphatic carbocycles. The smallest absolute Gasteiger partial charge is 0.119 e. The Kier molecular flexibility index (Phi) is 7.11. The minimum Gasteiger partial charge on any atom is -0.494 e. The van der Waals surface area contributed by atoms with Gasteiger partial charge in [0.15, 0.2) is 0 Å². The summed E-state index contributed by atoms with van der Waals surface area (Å²) in [4.78, 5) is 2.29. The fourth-order valence-electron chi connectivity index (χ4n) is 2.67.